The van der Waals surface area contributed by atoms with Crippen molar-refractivity contribution in [3.05, 3.63) is 17.7 Å². The molecule has 0 aromatic carbocycles. The van der Waals surface area contributed by atoms with Gasteiger partial charge in [0.1, 0.15) is 11.9 Å². The van der Waals surface area contributed by atoms with Crippen LogP contribution in [0.1, 0.15) is 36.8 Å². The number of hydrogen-bond acceptors (Lipinski definition) is 4. The summed E-state index contributed by atoms with van der Waals surface area (Å²) in [5, 5.41) is 9.22. The van der Waals surface area contributed by atoms with Crippen LogP contribution in [0.5, 0.6) is 0 Å². The van der Waals surface area contributed by atoms with Gasteiger partial charge in [0.05, 0.1) is 17.2 Å². The van der Waals surface area contributed by atoms with Gasteiger partial charge in [0.15, 0.2) is 9.84 Å². The van der Waals surface area contributed by atoms with E-state index in [4.69, 9.17) is 0 Å². The van der Waals surface area contributed by atoms with E-state index in [0.717, 1.165) is 24.4 Å². The molecule has 20 heavy (non-hydrogen) atoms. The van der Waals surface area contributed by atoms with Crippen molar-refractivity contribution >= 4 is 15.8 Å². The van der Waals surface area contributed by atoms with E-state index in [9.17, 15) is 18.3 Å². The minimum absolute atomic E-state index is 0.125. The van der Waals surface area contributed by atoms with Gasteiger partial charge in [-0.25, -0.2) is 18.2 Å². The van der Waals surface area contributed by atoms with Gasteiger partial charge in [-0.05, 0) is 31.6 Å². The summed E-state index contributed by atoms with van der Waals surface area (Å²) in [6, 6.07) is -0.521. The van der Waals surface area contributed by atoms with Crippen molar-refractivity contribution in [3.8, 4) is 0 Å². The van der Waals surface area contributed by atoms with Crippen LogP contribution in [0.25, 0.3) is 0 Å². The zero-order chi connectivity index (χ0) is 14.3. The van der Waals surface area contributed by atoms with Crippen LogP contribution in [0, 0.1) is 5.92 Å². The SMILES string of the molecule is O=C(O)C1CCCc2nc(CC3CCS(=O)(=O)C3)cn21. The summed E-state index contributed by atoms with van der Waals surface area (Å²) in [5.74, 6) is 0.624. The lowest BCUT2D eigenvalue weighted by Crippen LogP contribution is -2.24. The van der Waals surface area contributed by atoms with Gasteiger partial charge in [-0.1, -0.05) is 0 Å². The Kier molecular flexibility index (Phi) is 3.32. The highest BCUT2D eigenvalue weighted by Crippen LogP contribution is 2.27. The molecular weight excluding hydrogens is 280 g/mol. The molecule has 3 heterocycles. The molecule has 0 saturated carbocycles. The first-order valence-electron chi connectivity index (χ1n) is 6.94. The number of rotatable bonds is 3. The number of carboxylic acid groups (broad SMARTS) is 1. The standard InChI is InChI=1S/C13H18N2O4S/c16-13(17)11-2-1-3-12-14-10(7-15(11)12)6-9-4-5-20(18,19)8-9/h7,9,11H,1-6,8H2,(H,16,17). The largest absolute Gasteiger partial charge is 0.480 e. The molecule has 0 spiro atoms. The quantitative estimate of drug-likeness (QED) is 0.892. The average Bonchev–Trinajstić information content (AvgIpc) is 2.91. The topological polar surface area (TPSA) is 89.3 Å². The molecule has 1 N–H and O–H groups in total. The maximum absolute atomic E-state index is 11.5. The molecule has 3 rings (SSSR count). The van der Waals surface area contributed by atoms with E-state index in [-0.39, 0.29) is 17.4 Å². The molecule has 1 aromatic heterocycles. The van der Waals surface area contributed by atoms with Crippen molar-refractivity contribution in [2.24, 2.45) is 5.92 Å². The fraction of sp³-hybridized carbons (Fsp3) is 0.692. The fourth-order valence-corrected chi connectivity index (χ4v) is 5.07. The van der Waals surface area contributed by atoms with E-state index in [1.807, 2.05) is 0 Å². The number of imidazole rings is 1. The number of fused-ring (bicyclic) bond motifs is 1. The first-order chi connectivity index (χ1) is 9.44. The van der Waals surface area contributed by atoms with Crippen LogP contribution in [-0.2, 0) is 27.5 Å². The Morgan fingerprint density at radius 1 is 1.45 bits per heavy atom. The van der Waals surface area contributed by atoms with E-state index < -0.39 is 21.8 Å². The van der Waals surface area contributed by atoms with Gasteiger partial charge in [-0.3, -0.25) is 0 Å². The molecule has 0 amide bonds. The number of aliphatic carboxylic acids is 1. The summed E-state index contributed by atoms with van der Waals surface area (Å²) in [7, 11) is -2.87. The normalized spacial score (nSPS) is 28.2. The molecule has 0 radical (unpaired) electrons. The van der Waals surface area contributed by atoms with Crippen LogP contribution in [0.3, 0.4) is 0 Å². The highest BCUT2D eigenvalue weighted by molar-refractivity contribution is 7.91. The molecule has 6 nitrogen and oxygen atoms in total. The molecule has 1 aromatic rings. The predicted octanol–water partition coefficient (Wildman–Crippen LogP) is 0.822. The summed E-state index contributed by atoms with van der Waals surface area (Å²) in [4.78, 5) is 15.7. The number of hydrogen-bond donors (Lipinski definition) is 1. The number of carbonyl (C=O) groups is 1. The monoisotopic (exact) mass is 298 g/mol. The lowest BCUT2D eigenvalue weighted by Gasteiger charge is -2.20. The minimum Gasteiger partial charge on any atom is -0.480 e. The molecule has 110 valence electrons. The zero-order valence-corrected chi connectivity index (χ0v) is 12.0. The van der Waals surface area contributed by atoms with Crippen molar-refractivity contribution in [1.82, 2.24) is 9.55 Å². The Hall–Kier alpha value is -1.37. The number of sulfone groups is 1. The molecule has 2 aliphatic heterocycles. The minimum atomic E-state index is -2.87. The maximum Gasteiger partial charge on any atom is 0.326 e. The Labute approximate surface area is 117 Å². The first-order valence-corrected chi connectivity index (χ1v) is 8.76. The highest BCUT2D eigenvalue weighted by Gasteiger charge is 2.30. The Balaban J connectivity index is 1.78. The number of aryl methyl sites for hydroxylation is 1. The third-order valence-electron chi connectivity index (χ3n) is 4.18. The maximum atomic E-state index is 11.5. The fourth-order valence-electron chi connectivity index (χ4n) is 3.20. The van der Waals surface area contributed by atoms with Crippen molar-refractivity contribution in [3.63, 3.8) is 0 Å². The number of carboxylic acids is 1. The molecule has 0 aliphatic carbocycles. The van der Waals surface area contributed by atoms with E-state index in [1.165, 1.54) is 0 Å². The van der Waals surface area contributed by atoms with E-state index in [2.05, 4.69) is 4.98 Å². The van der Waals surface area contributed by atoms with Gasteiger partial charge in [-0.15, -0.1) is 0 Å². The van der Waals surface area contributed by atoms with E-state index in [0.29, 0.717) is 19.3 Å². The number of aromatic nitrogens is 2. The Morgan fingerprint density at radius 2 is 2.25 bits per heavy atom. The van der Waals surface area contributed by atoms with Crippen LogP contribution in [0.15, 0.2) is 6.20 Å². The summed E-state index contributed by atoms with van der Waals surface area (Å²) in [5.41, 5.74) is 0.829. The molecule has 2 atom stereocenters. The molecular formula is C13H18N2O4S. The van der Waals surface area contributed by atoms with Gasteiger partial charge in [0, 0.05) is 12.6 Å². The predicted molar refractivity (Wildman–Crippen MR) is 72.3 cm³/mol. The van der Waals surface area contributed by atoms with Crippen LogP contribution in [0.4, 0.5) is 0 Å². The zero-order valence-electron chi connectivity index (χ0n) is 11.2. The third kappa shape index (κ3) is 2.59. The van der Waals surface area contributed by atoms with E-state index >= 15 is 0 Å². The second-order valence-electron chi connectivity index (χ2n) is 5.78. The molecule has 2 aliphatic rings. The van der Waals surface area contributed by atoms with Gasteiger partial charge in [0.25, 0.3) is 0 Å². The molecule has 7 heteroatoms. The Morgan fingerprint density at radius 3 is 2.90 bits per heavy atom. The van der Waals surface area contributed by atoms with Crippen LogP contribution in [0.2, 0.25) is 0 Å². The molecule has 2 unspecified atom stereocenters. The van der Waals surface area contributed by atoms with Crippen LogP contribution < -0.4 is 0 Å². The summed E-state index contributed by atoms with van der Waals surface area (Å²) in [6.07, 6.45) is 5.39. The first kappa shape index (κ1) is 13.6. The summed E-state index contributed by atoms with van der Waals surface area (Å²) >= 11 is 0. The Bertz CT molecular complexity index is 635. The second kappa shape index (κ2) is 4.87. The van der Waals surface area contributed by atoms with Crippen molar-refractivity contribution < 1.29 is 18.3 Å². The van der Waals surface area contributed by atoms with Crippen molar-refractivity contribution in [1.29, 1.82) is 0 Å². The van der Waals surface area contributed by atoms with Gasteiger partial charge >= 0.3 is 5.97 Å². The summed E-state index contributed by atoms with van der Waals surface area (Å²) in [6.45, 7) is 0. The van der Waals surface area contributed by atoms with Gasteiger partial charge in [-0.2, -0.15) is 0 Å². The van der Waals surface area contributed by atoms with Crippen molar-refractivity contribution in [2.45, 2.75) is 38.1 Å². The van der Waals surface area contributed by atoms with Gasteiger partial charge in [0.2, 0.25) is 0 Å². The molecule has 1 fully saturated rings. The summed E-state index contributed by atoms with van der Waals surface area (Å²) < 4.78 is 24.7. The molecule has 0 bridgehead atoms. The highest BCUT2D eigenvalue weighted by atomic mass is 32.2. The number of nitrogens with zero attached hydrogens (tertiary/aromatic N) is 2. The van der Waals surface area contributed by atoms with Crippen LogP contribution >= 0.6 is 0 Å². The van der Waals surface area contributed by atoms with E-state index in [1.54, 1.807) is 10.8 Å². The van der Waals surface area contributed by atoms with Gasteiger partial charge < -0.3 is 9.67 Å². The average molecular weight is 298 g/mol. The second-order valence-corrected chi connectivity index (χ2v) is 8.00. The lowest BCUT2D eigenvalue weighted by molar-refractivity contribution is -0.141. The third-order valence-corrected chi connectivity index (χ3v) is 6.02. The molecule has 1 saturated heterocycles. The smallest absolute Gasteiger partial charge is 0.326 e. The van der Waals surface area contributed by atoms with Crippen molar-refractivity contribution in [2.75, 3.05) is 11.5 Å². The van der Waals surface area contributed by atoms with Crippen LogP contribution in [-0.4, -0.2) is 40.6 Å². The lowest BCUT2D eigenvalue weighted by atomic mass is 10.0.